The summed E-state index contributed by atoms with van der Waals surface area (Å²) < 4.78 is 5.20. The van der Waals surface area contributed by atoms with Gasteiger partial charge in [-0.1, -0.05) is 13.8 Å². The molecule has 0 aromatic heterocycles. The van der Waals surface area contributed by atoms with Gasteiger partial charge in [0.1, 0.15) is 12.1 Å². The number of carbonyl (C=O) groups excluding carboxylic acids is 1. The Kier molecular flexibility index (Phi) is 4.73. The molecule has 0 spiro atoms. The number of amides is 1. The largest absolute Gasteiger partial charge is 0.480 e. The second kappa shape index (κ2) is 5.84. The van der Waals surface area contributed by atoms with Crippen molar-refractivity contribution in [2.75, 3.05) is 6.61 Å². The number of rotatable bonds is 5. The van der Waals surface area contributed by atoms with Gasteiger partial charge in [-0.15, -0.1) is 0 Å². The lowest BCUT2D eigenvalue weighted by Crippen LogP contribution is -2.45. The first-order valence-corrected chi connectivity index (χ1v) is 5.65. The second-order valence-electron chi connectivity index (χ2n) is 4.53. The smallest absolute Gasteiger partial charge is 0.326 e. The number of aliphatic carboxylic acids is 1. The summed E-state index contributed by atoms with van der Waals surface area (Å²) in [5.74, 6) is -1.06. The lowest BCUT2D eigenvalue weighted by molar-refractivity contribution is -0.144. The van der Waals surface area contributed by atoms with E-state index in [-0.39, 0.29) is 11.8 Å². The van der Waals surface area contributed by atoms with Gasteiger partial charge >= 0.3 is 5.97 Å². The molecule has 0 aliphatic carbocycles. The number of carboxylic acids is 1. The van der Waals surface area contributed by atoms with Crippen LogP contribution in [-0.4, -0.2) is 35.7 Å². The number of ether oxygens (including phenoxy) is 1. The standard InChI is InChI=1S/C11H19NO4/c1-7(2)6-8(11(14)15)12-10(13)9-4-3-5-16-9/h7-9H,3-6H2,1-2H3,(H,12,13)(H,14,15)/t8-,9-/m1/s1. The van der Waals surface area contributed by atoms with E-state index in [4.69, 9.17) is 9.84 Å². The average molecular weight is 229 g/mol. The molecule has 0 saturated carbocycles. The van der Waals surface area contributed by atoms with E-state index in [2.05, 4.69) is 5.32 Å². The highest BCUT2D eigenvalue weighted by molar-refractivity contribution is 5.86. The van der Waals surface area contributed by atoms with Gasteiger partial charge < -0.3 is 15.2 Å². The Labute approximate surface area is 95.2 Å². The molecule has 2 atom stereocenters. The molecule has 0 bridgehead atoms. The zero-order chi connectivity index (χ0) is 12.1. The van der Waals surface area contributed by atoms with E-state index < -0.39 is 18.1 Å². The van der Waals surface area contributed by atoms with Crippen molar-refractivity contribution in [3.8, 4) is 0 Å². The van der Waals surface area contributed by atoms with E-state index >= 15 is 0 Å². The van der Waals surface area contributed by atoms with Crippen molar-refractivity contribution in [2.45, 2.75) is 45.3 Å². The van der Waals surface area contributed by atoms with Gasteiger partial charge in [0.05, 0.1) is 0 Å². The van der Waals surface area contributed by atoms with Crippen LogP contribution in [0.2, 0.25) is 0 Å². The fourth-order valence-corrected chi connectivity index (χ4v) is 1.74. The van der Waals surface area contributed by atoms with Gasteiger partial charge in [-0.3, -0.25) is 4.79 Å². The van der Waals surface area contributed by atoms with Crippen molar-refractivity contribution in [3.05, 3.63) is 0 Å². The second-order valence-corrected chi connectivity index (χ2v) is 4.53. The zero-order valence-electron chi connectivity index (χ0n) is 9.73. The molecule has 1 aliphatic rings. The Balaban J connectivity index is 2.47. The van der Waals surface area contributed by atoms with Gasteiger partial charge in [0.2, 0.25) is 5.91 Å². The topological polar surface area (TPSA) is 75.6 Å². The quantitative estimate of drug-likeness (QED) is 0.730. The molecule has 1 heterocycles. The molecule has 5 nitrogen and oxygen atoms in total. The summed E-state index contributed by atoms with van der Waals surface area (Å²) >= 11 is 0. The van der Waals surface area contributed by atoms with Crippen LogP contribution in [0.15, 0.2) is 0 Å². The summed E-state index contributed by atoms with van der Waals surface area (Å²) in [7, 11) is 0. The first kappa shape index (κ1) is 13.0. The highest BCUT2D eigenvalue weighted by Crippen LogP contribution is 2.13. The zero-order valence-corrected chi connectivity index (χ0v) is 9.73. The van der Waals surface area contributed by atoms with Crippen LogP contribution in [0.25, 0.3) is 0 Å². The SMILES string of the molecule is CC(C)C[C@@H](NC(=O)[C@H]1CCCO1)C(=O)O. The molecule has 1 aliphatic heterocycles. The Morgan fingerprint density at radius 3 is 2.62 bits per heavy atom. The fourth-order valence-electron chi connectivity index (χ4n) is 1.74. The van der Waals surface area contributed by atoms with E-state index in [1.807, 2.05) is 13.8 Å². The minimum Gasteiger partial charge on any atom is -0.480 e. The summed E-state index contributed by atoms with van der Waals surface area (Å²) in [4.78, 5) is 22.6. The third-order valence-electron chi connectivity index (χ3n) is 2.54. The van der Waals surface area contributed by atoms with E-state index in [1.165, 1.54) is 0 Å². The maximum Gasteiger partial charge on any atom is 0.326 e. The molecule has 1 fully saturated rings. The Bertz CT molecular complexity index is 259. The van der Waals surface area contributed by atoms with Gasteiger partial charge in [0, 0.05) is 6.61 Å². The van der Waals surface area contributed by atoms with Crippen molar-refractivity contribution in [1.29, 1.82) is 0 Å². The summed E-state index contributed by atoms with van der Waals surface area (Å²) in [5.41, 5.74) is 0. The van der Waals surface area contributed by atoms with Gasteiger partial charge in [-0.05, 0) is 25.2 Å². The van der Waals surface area contributed by atoms with Gasteiger partial charge in [0.25, 0.3) is 0 Å². The monoisotopic (exact) mass is 229 g/mol. The fraction of sp³-hybridized carbons (Fsp3) is 0.818. The summed E-state index contributed by atoms with van der Waals surface area (Å²) in [6, 6.07) is -0.809. The van der Waals surface area contributed by atoms with Crippen LogP contribution < -0.4 is 5.32 Å². The van der Waals surface area contributed by atoms with Crippen LogP contribution in [0.1, 0.15) is 33.1 Å². The highest BCUT2D eigenvalue weighted by atomic mass is 16.5. The molecule has 0 radical (unpaired) electrons. The molecular weight excluding hydrogens is 210 g/mol. The maximum atomic E-state index is 11.6. The van der Waals surface area contributed by atoms with Crippen LogP contribution >= 0.6 is 0 Å². The molecule has 1 amide bonds. The molecule has 1 saturated heterocycles. The molecule has 5 heteroatoms. The lowest BCUT2D eigenvalue weighted by Gasteiger charge is -2.18. The molecule has 0 aromatic carbocycles. The number of carbonyl (C=O) groups is 2. The molecule has 0 aromatic rings. The van der Waals surface area contributed by atoms with Crippen molar-refractivity contribution in [3.63, 3.8) is 0 Å². The molecular formula is C11H19NO4. The van der Waals surface area contributed by atoms with Crippen molar-refractivity contribution in [1.82, 2.24) is 5.32 Å². The van der Waals surface area contributed by atoms with Gasteiger partial charge in [-0.2, -0.15) is 0 Å². The van der Waals surface area contributed by atoms with Crippen LogP contribution in [0.4, 0.5) is 0 Å². The highest BCUT2D eigenvalue weighted by Gasteiger charge is 2.28. The van der Waals surface area contributed by atoms with Crippen LogP contribution in [0.5, 0.6) is 0 Å². The third kappa shape index (κ3) is 3.81. The molecule has 92 valence electrons. The molecule has 0 unspecified atom stereocenters. The summed E-state index contributed by atoms with van der Waals surface area (Å²) in [6.07, 6.45) is 1.52. The van der Waals surface area contributed by atoms with E-state index in [0.717, 1.165) is 6.42 Å². The number of hydrogen-bond acceptors (Lipinski definition) is 3. The normalized spacial score (nSPS) is 22.1. The van der Waals surface area contributed by atoms with Crippen LogP contribution in [0.3, 0.4) is 0 Å². The number of hydrogen-bond donors (Lipinski definition) is 2. The predicted molar refractivity (Wildman–Crippen MR) is 58.0 cm³/mol. The lowest BCUT2D eigenvalue weighted by atomic mass is 10.0. The average Bonchev–Trinajstić information content (AvgIpc) is 2.68. The molecule has 16 heavy (non-hydrogen) atoms. The Morgan fingerprint density at radius 1 is 1.50 bits per heavy atom. The first-order chi connectivity index (χ1) is 7.50. The van der Waals surface area contributed by atoms with E-state index in [0.29, 0.717) is 19.4 Å². The molecule has 2 N–H and O–H groups in total. The van der Waals surface area contributed by atoms with Gasteiger partial charge in [-0.25, -0.2) is 4.79 Å². The number of carboxylic acid groups (broad SMARTS) is 1. The minimum atomic E-state index is -0.986. The Morgan fingerprint density at radius 2 is 2.19 bits per heavy atom. The predicted octanol–water partition coefficient (Wildman–Crippen LogP) is 0.781. The minimum absolute atomic E-state index is 0.228. The van der Waals surface area contributed by atoms with Crippen LogP contribution in [0, 0.1) is 5.92 Å². The first-order valence-electron chi connectivity index (χ1n) is 5.65. The number of nitrogens with one attached hydrogen (secondary N) is 1. The van der Waals surface area contributed by atoms with E-state index in [1.54, 1.807) is 0 Å². The Hall–Kier alpha value is -1.10. The van der Waals surface area contributed by atoms with Crippen molar-refractivity contribution < 1.29 is 19.4 Å². The maximum absolute atomic E-state index is 11.6. The van der Waals surface area contributed by atoms with Crippen LogP contribution in [-0.2, 0) is 14.3 Å². The summed E-state index contributed by atoms with van der Waals surface area (Å²) in [5, 5.41) is 11.5. The van der Waals surface area contributed by atoms with Crippen molar-refractivity contribution >= 4 is 11.9 Å². The third-order valence-corrected chi connectivity index (χ3v) is 2.54. The van der Waals surface area contributed by atoms with Crippen molar-refractivity contribution in [2.24, 2.45) is 5.92 Å². The van der Waals surface area contributed by atoms with Gasteiger partial charge in [0.15, 0.2) is 0 Å². The van der Waals surface area contributed by atoms with E-state index in [9.17, 15) is 9.59 Å². The molecule has 1 rings (SSSR count). The summed E-state index contributed by atoms with van der Waals surface area (Å²) in [6.45, 7) is 4.43.